The summed E-state index contributed by atoms with van der Waals surface area (Å²) in [7, 11) is 0. The van der Waals surface area contributed by atoms with Crippen molar-refractivity contribution >= 4 is 16.9 Å². The molecule has 0 radical (unpaired) electrons. The second-order valence-electron chi connectivity index (χ2n) is 8.13. The van der Waals surface area contributed by atoms with E-state index in [2.05, 4.69) is 15.5 Å². The fourth-order valence-corrected chi connectivity index (χ4v) is 4.66. The molecule has 1 saturated carbocycles. The summed E-state index contributed by atoms with van der Waals surface area (Å²) >= 11 is 0. The second kappa shape index (κ2) is 7.21. The summed E-state index contributed by atoms with van der Waals surface area (Å²) in [6, 6.07) is 5.78. The molecule has 7 heteroatoms. The molecule has 1 N–H and O–H groups in total. The van der Waals surface area contributed by atoms with Gasteiger partial charge in [0.2, 0.25) is 5.89 Å². The molecule has 5 rings (SSSR count). The summed E-state index contributed by atoms with van der Waals surface area (Å²) in [5, 5.41) is 8.27. The second-order valence-corrected chi connectivity index (χ2v) is 8.13. The normalized spacial score (nSPS) is 18.0. The van der Waals surface area contributed by atoms with Crippen LogP contribution in [0.15, 0.2) is 27.1 Å². The van der Waals surface area contributed by atoms with Crippen LogP contribution in [0.2, 0.25) is 0 Å². The van der Waals surface area contributed by atoms with Gasteiger partial charge in [-0.1, -0.05) is 18.0 Å². The first-order valence-electron chi connectivity index (χ1n) is 10.4. The van der Waals surface area contributed by atoms with Crippen molar-refractivity contribution in [3.05, 3.63) is 41.2 Å². The van der Waals surface area contributed by atoms with E-state index in [-0.39, 0.29) is 12.5 Å². The van der Waals surface area contributed by atoms with Crippen molar-refractivity contribution in [2.45, 2.75) is 63.8 Å². The van der Waals surface area contributed by atoms with Crippen LogP contribution < -0.4 is 10.1 Å². The van der Waals surface area contributed by atoms with Crippen LogP contribution in [0.4, 0.5) is 0 Å². The Morgan fingerprint density at radius 3 is 2.83 bits per heavy atom. The number of carbonyl (C=O) groups is 1. The van der Waals surface area contributed by atoms with Crippen molar-refractivity contribution in [1.82, 2.24) is 15.5 Å². The Hall–Kier alpha value is -2.83. The lowest BCUT2D eigenvalue weighted by Gasteiger charge is -2.26. The molecule has 0 aliphatic heterocycles. The first kappa shape index (κ1) is 18.2. The van der Waals surface area contributed by atoms with Crippen LogP contribution >= 0.6 is 0 Å². The number of hydrogen-bond donors (Lipinski definition) is 1. The maximum atomic E-state index is 12.7. The number of amides is 1. The van der Waals surface area contributed by atoms with E-state index in [0.29, 0.717) is 17.5 Å². The number of hydrogen-bond acceptors (Lipinski definition) is 6. The summed E-state index contributed by atoms with van der Waals surface area (Å²) in [6.07, 6.45) is 8.08. The van der Waals surface area contributed by atoms with Gasteiger partial charge in [0, 0.05) is 24.3 Å². The van der Waals surface area contributed by atoms with E-state index in [1.54, 1.807) is 6.92 Å². The Balaban J connectivity index is 1.29. The van der Waals surface area contributed by atoms with Gasteiger partial charge in [0.05, 0.1) is 0 Å². The lowest BCUT2D eigenvalue weighted by Crippen LogP contribution is -2.46. The number of nitrogens with zero attached hydrogens (tertiary/aromatic N) is 2. The van der Waals surface area contributed by atoms with Crippen molar-refractivity contribution in [3.8, 4) is 5.75 Å². The topological polar surface area (TPSA) is 90.4 Å². The molecule has 1 amide bonds. The highest BCUT2D eigenvalue weighted by Crippen LogP contribution is 2.37. The van der Waals surface area contributed by atoms with Gasteiger partial charge in [0.15, 0.2) is 12.4 Å². The van der Waals surface area contributed by atoms with Crippen molar-refractivity contribution in [3.63, 3.8) is 0 Å². The highest BCUT2D eigenvalue weighted by atomic mass is 16.5. The largest absolute Gasteiger partial charge is 0.484 e. The van der Waals surface area contributed by atoms with Crippen LogP contribution in [0.25, 0.3) is 11.0 Å². The smallest absolute Gasteiger partial charge is 0.258 e. The summed E-state index contributed by atoms with van der Waals surface area (Å²) in [4.78, 5) is 17.0. The Labute approximate surface area is 168 Å². The van der Waals surface area contributed by atoms with Gasteiger partial charge in [-0.05, 0) is 50.3 Å². The van der Waals surface area contributed by atoms with E-state index < -0.39 is 5.54 Å². The number of benzene rings is 1. The zero-order valence-electron chi connectivity index (χ0n) is 16.6. The average molecular weight is 395 g/mol. The fourth-order valence-electron chi connectivity index (χ4n) is 4.66. The molecule has 1 aromatic carbocycles. The van der Waals surface area contributed by atoms with Gasteiger partial charge < -0.3 is 19.0 Å². The number of furan rings is 1. The van der Waals surface area contributed by atoms with E-state index >= 15 is 0 Å². The van der Waals surface area contributed by atoms with Gasteiger partial charge in [-0.3, -0.25) is 4.79 Å². The van der Waals surface area contributed by atoms with Crippen molar-refractivity contribution < 1.29 is 18.5 Å². The lowest BCUT2D eigenvalue weighted by atomic mass is 9.96. The summed E-state index contributed by atoms with van der Waals surface area (Å²) in [5.74, 6) is 2.67. The zero-order valence-corrected chi connectivity index (χ0v) is 16.6. The molecule has 0 bridgehead atoms. The monoisotopic (exact) mass is 395 g/mol. The van der Waals surface area contributed by atoms with Gasteiger partial charge in [-0.25, -0.2) is 0 Å². The lowest BCUT2D eigenvalue weighted by molar-refractivity contribution is -0.125. The number of nitrogens with one attached hydrogen (secondary N) is 1. The molecule has 0 atom stereocenters. The quantitative estimate of drug-likeness (QED) is 0.703. The van der Waals surface area contributed by atoms with E-state index in [9.17, 15) is 4.79 Å². The molecule has 29 heavy (non-hydrogen) atoms. The number of fused-ring (bicyclic) bond motifs is 3. The maximum Gasteiger partial charge on any atom is 0.258 e. The molecule has 0 saturated heterocycles. The predicted molar refractivity (Wildman–Crippen MR) is 106 cm³/mol. The predicted octanol–water partition coefficient (Wildman–Crippen LogP) is 3.97. The molecule has 7 nitrogen and oxygen atoms in total. The Morgan fingerprint density at radius 2 is 2.03 bits per heavy atom. The molecule has 2 aromatic heterocycles. The molecule has 152 valence electrons. The highest BCUT2D eigenvalue weighted by molar-refractivity contribution is 5.84. The Bertz CT molecular complexity index is 1050. The molecule has 1 fully saturated rings. The van der Waals surface area contributed by atoms with Gasteiger partial charge >= 0.3 is 0 Å². The minimum atomic E-state index is -0.550. The number of carbonyl (C=O) groups excluding carboxylic acids is 1. The third kappa shape index (κ3) is 3.39. The van der Waals surface area contributed by atoms with Gasteiger partial charge in [0.25, 0.3) is 5.91 Å². The van der Waals surface area contributed by atoms with Gasteiger partial charge in [-0.15, -0.1) is 0 Å². The Morgan fingerprint density at radius 1 is 1.21 bits per heavy atom. The van der Waals surface area contributed by atoms with Crippen LogP contribution in [-0.4, -0.2) is 22.7 Å². The highest BCUT2D eigenvalue weighted by Gasteiger charge is 2.41. The zero-order chi connectivity index (χ0) is 19.8. The molecular formula is C22H25N3O4. The first-order valence-corrected chi connectivity index (χ1v) is 10.4. The maximum absolute atomic E-state index is 12.7. The van der Waals surface area contributed by atoms with Gasteiger partial charge in [0.1, 0.15) is 22.6 Å². The van der Waals surface area contributed by atoms with Crippen LogP contribution in [0.5, 0.6) is 5.75 Å². The Kier molecular flexibility index (Phi) is 4.53. The van der Waals surface area contributed by atoms with Crippen molar-refractivity contribution in [2.24, 2.45) is 0 Å². The van der Waals surface area contributed by atoms with E-state index in [1.165, 1.54) is 18.4 Å². The average Bonchev–Trinajstić information content (AvgIpc) is 3.45. The summed E-state index contributed by atoms with van der Waals surface area (Å²) < 4.78 is 16.9. The van der Waals surface area contributed by atoms with Crippen LogP contribution in [-0.2, 0) is 23.2 Å². The minimum absolute atomic E-state index is 0.0515. The van der Waals surface area contributed by atoms with Gasteiger partial charge in [-0.2, -0.15) is 4.98 Å². The third-order valence-corrected chi connectivity index (χ3v) is 6.09. The first-order chi connectivity index (χ1) is 14.1. The number of rotatable bonds is 5. The molecule has 2 aliphatic rings. The van der Waals surface area contributed by atoms with E-state index in [0.717, 1.165) is 55.3 Å². The van der Waals surface area contributed by atoms with Crippen LogP contribution in [0.3, 0.4) is 0 Å². The molecule has 0 spiro atoms. The van der Waals surface area contributed by atoms with E-state index in [1.807, 2.05) is 18.2 Å². The molecular weight excluding hydrogens is 370 g/mol. The fraction of sp³-hybridized carbons (Fsp3) is 0.500. The molecule has 2 aliphatic carbocycles. The third-order valence-electron chi connectivity index (χ3n) is 6.09. The number of ether oxygens (including phenoxy) is 1. The standard InChI is InChI=1S/C22H25N3O4/c1-14-23-21(25-29-14)22(10-4-5-11-22)24-20(26)13-27-15-8-9-19-17(12-15)16-6-2-3-7-18(16)28-19/h8-9,12H,2-7,10-11,13H2,1H3,(H,24,26). The van der Waals surface area contributed by atoms with Crippen LogP contribution in [0, 0.1) is 6.92 Å². The molecule has 0 unspecified atom stereocenters. The molecule has 2 heterocycles. The van der Waals surface area contributed by atoms with E-state index in [4.69, 9.17) is 13.7 Å². The molecule has 3 aromatic rings. The van der Waals surface area contributed by atoms with Crippen molar-refractivity contribution in [2.75, 3.05) is 6.61 Å². The van der Waals surface area contributed by atoms with Crippen molar-refractivity contribution in [1.29, 1.82) is 0 Å². The SMILES string of the molecule is Cc1nc(C2(NC(=O)COc3ccc4oc5c(c4c3)CCCC5)CCCC2)no1. The summed E-state index contributed by atoms with van der Waals surface area (Å²) in [5.41, 5.74) is 1.64. The summed E-state index contributed by atoms with van der Waals surface area (Å²) in [6.45, 7) is 1.71. The number of aromatic nitrogens is 2. The van der Waals surface area contributed by atoms with Crippen LogP contribution in [0.1, 0.15) is 61.6 Å². The number of aryl methyl sites for hydroxylation is 3. The minimum Gasteiger partial charge on any atom is -0.484 e.